The van der Waals surface area contributed by atoms with Crippen LogP contribution in [-0.4, -0.2) is 42.2 Å². The van der Waals surface area contributed by atoms with E-state index >= 15 is 0 Å². The molecule has 0 aromatic carbocycles. The second-order valence-corrected chi connectivity index (χ2v) is 6.82. The zero-order chi connectivity index (χ0) is 16.6. The quantitative estimate of drug-likeness (QED) is 0.366. The highest BCUT2D eigenvalue weighted by Crippen LogP contribution is 2.27. The lowest BCUT2D eigenvalue weighted by Gasteiger charge is -2.27. The summed E-state index contributed by atoms with van der Waals surface area (Å²) in [5.41, 5.74) is 0.835. The van der Waals surface area contributed by atoms with Gasteiger partial charge in [0, 0.05) is 24.0 Å². The van der Waals surface area contributed by atoms with Crippen LogP contribution >= 0.6 is 35.3 Å². The molecule has 3 rings (SSSR count). The van der Waals surface area contributed by atoms with Crippen LogP contribution in [0.1, 0.15) is 36.4 Å². The van der Waals surface area contributed by atoms with E-state index in [4.69, 9.17) is 4.52 Å². The van der Waals surface area contributed by atoms with Gasteiger partial charge in [0.05, 0.1) is 12.6 Å². The average molecular weight is 475 g/mol. The molecule has 25 heavy (non-hydrogen) atoms. The van der Waals surface area contributed by atoms with Crippen LogP contribution in [-0.2, 0) is 6.54 Å². The van der Waals surface area contributed by atoms with Gasteiger partial charge in [-0.2, -0.15) is 0 Å². The van der Waals surface area contributed by atoms with Crippen molar-refractivity contribution in [3.63, 3.8) is 0 Å². The molecule has 8 heteroatoms. The maximum absolute atomic E-state index is 4.86. The minimum absolute atomic E-state index is 0. The third kappa shape index (κ3) is 5.96. The van der Waals surface area contributed by atoms with Crippen LogP contribution in [0.15, 0.2) is 39.4 Å². The Balaban J connectivity index is 0.00000225. The Kier molecular flexibility index (Phi) is 8.70. The van der Waals surface area contributed by atoms with Gasteiger partial charge in [0.2, 0.25) is 0 Å². The van der Waals surface area contributed by atoms with E-state index in [1.54, 1.807) is 6.26 Å². The number of hydrogen-bond donors (Lipinski definition) is 2. The normalized spacial score (nSPS) is 16.4. The van der Waals surface area contributed by atoms with Crippen molar-refractivity contribution in [2.75, 3.05) is 26.2 Å². The lowest BCUT2D eigenvalue weighted by Crippen LogP contribution is -2.42. The molecule has 6 nitrogen and oxygen atoms in total. The van der Waals surface area contributed by atoms with Crippen molar-refractivity contribution < 1.29 is 4.52 Å². The van der Waals surface area contributed by atoms with Crippen molar-refractivity contribution in [1.29, 1.82) is 0 Å². The first-order valence-corrected chi connectivity index (χ1v) is 9.43. The number of aliphatic imine (C=N–C) groups is 1. The van der Waals surface area contributed by atoms with Gasteiger partial charge in [0.1, 0.15) is 12.0 Å². The first kappa shape index (κ1) is 20.2. The molecule has 138 valence electrons. The lowest BCUT2D eigenvalue weighted by atomic mass is 10.2. The van der Waals surface area contributed by atoms with Crippen LogP contribution < -0.4 is 10.6 Å². The minimum atomic E-state index is 0. The summed E-state index contributed by atoms with van der Waals surface area (Å²) < 4.78 is 4.86. The summed E-state index contributed by atoms with van der Waals surface area (Å²) in [5.74, 6) is 0.821. The van der Waals surface area contributed by atoms with Gasteiger partial charge in [-0.3, -0.25) is 4.90 Å². The molecule has 0 radical (unpaired) electrons. The van der Waals surface area contributed by atoms with Gasteiger partial charge in [-0.15, -0.1) is 35.3 Å². The molecule has 1 fully saturated rings. The molecule has 1 aliphatic rings. The number of halogens is 1. The van der Waals surface area contributed by atoms with Crippen molar-refractivity contribution in [3.8, 4) is 0 Å². The zero-order valence-corrected chi connectivity index (χ0v) is 17.6. The lowest BCUT2D eigenvalue weighted by molar-refractivity contribution is 0.249. The maximum atomic E-state index is 4.86. The zero-order valence-electron chi connectivity index (χ0n) is 14.5. The van der Waals surface area contributed by atoms with Crippen LogP contribution in [0, 0.1) is 0 Å². The summed E-state index contributed by atoms with van der Waals surface area (Å²) in [4.78, 5) is 8.58. The molecule has 1 atom stereocenters. The summed E-state index contributed by atoms with van der Waals surface area (Å²) in [6.45, 7) is 6.63. The number of likely N-dealkylation sites (tertiary alicyclic amines) is 1. The van der Waals surface area contributed by atoms with Crippen LogP contribution in [0.4, 0.5) is 0 Å². The van der Waals surface area contributed by atoms with Crippen LogP contribution in [0.5, 0.6) is 0 Å². The van der Waals surface area contributed by atoms with Gasteiger partial charge >= 0.3 is 0 Å². The van der Waals surface area contributed by atoms with E-state index in [1.807, 2.05) is 17.4 Å². The maximum Gasteiger partial charge on any atom is 0.191 e. The number of aromatic nitrogens is 1. The SMILES string of the molecule is CCNC(=NCc1ccon1)NCC(c1cccs1)N1CCCC1.I. The third-order valence-corrected chi connectivity index (χ3v) is 5.12. The summed E-state index contributed by atoms with van der Waals surface area (Å²) in [6, 6.07) is 6.61. The van der Waals surface area contributed by atoms with Gasteiger partial charge < -0.3 is 15.2 Å². The van der Waals surface area contributed by atoms with E-state index in [9.17, 15) is 0 Å². The van der Waals surface area contributed by atoms with Crippen LogP contribution in [0.2, 0.25) is 0 Å². The molecule has 0 amide bonds. The molecule has 0 spiro atoms. The number of rotatable bonds is 7. The van der Waals surface area contributed by atoms with Crippen molar-refractivity contribution in [2.24, 2.45) is 4.99 Å². The number of nitrogens with zero attached hydrogens (tertiary/aromatic N) is 3. The summed E-state index contributed by atoms with van der Waals surface area (Å²) in [7, 11) is 0. The second kappa shape index (κ2) is 10.8. The Morgan fingerprint density at radius 3 is 2.84 bits per heavy atom. The molecule has 2 aromatic heterocycles. The highest BCUT2D eigenvalue weighted by Gasteiger charge is 2.24. The van der Waals surface area contributed by atoms with Crippen LogP contribution in [0.25, 0.3) is 0 Å². The molecule has 3 heterocycles. The predicted molar refractivity (Wildman–Crippen MR) is 113 cm³/mol. The Morgan fingerprint density at radius 2 is 2.20 bits per heavy atom. The molecule has 2 aromatic rings. The van der Waals surface area contributed by atoms with E-state index in [1.165, 1.54) is 30.8 Å². The number of thiophene rings is 1. The molecule has 1 aliphatic heterocycles. The second-order valence-electron chi connectivity index (χ2n) is 5.84. The highest BCUT2D eigenvalue weighted by atomic mass is 127. The smallest absolute Gasteiger partial charge is 0.191 e. The van der Waals surface area contributed by atoms with Gasteiger partial charge in [0.25, 0.3) is 0 Å². The third-order valence-electron chi connectivity index (χ3n) is 4.15. The Morgan fingerprint density at radius 1 is 1.36 bits per heavy atom. The first-order chi connectivity index (χ1) is 11.9. The average Bonchev–Trinajstić information content (AvgIpc) is 3.35. The molecule has 2 N–H and O–H groups in total. The number of hydrogen-bond acceptors (Lipinski definition) is 5. The van der Waals surface area contributed by atoms with E-state index in [2.05, 4.69) is 50.1 Å². The summed E-state index contributed by atoms with van der Waals surface area (Å²) >= 11 is 1.83. The largest absolute Gasteiger partial charge is 0.364 e. The monoisotopic (exact) mass is 475 g/mol. The van der Waals surface area contributed by atoms with E-state index in [-0.39, 0.29) is 24.0 Å². The molecular weight excluding hydrogens is 449 g/mol. The minimum Gasteiger partial charge on any atom is -0.364 e. The van der Waals surface area contributed by atoms with Gasteiger partial charge in [0.15, 0.2) is 5.96 Å². The number of nitrogens with one attached hydrogen (secondary N) is 2. The van der Waals surface area contributed by atoms with Crippen molar-refractivity contribution in [2.45, 2.75) is 32.4 Å². The highest BCUT2D eigenvalue weighted by molar-refractivity contribution is 14.0. The Hall–Kier alpha value is -1.13. The number of guanidine groups is 1. The van der Waals surface area contributed by atoms with Crippen molar-refractivity contribution in [1.82, 2.24) is 20.7 Å². The predicted octanol–water partition coefficient (Wildman–Crippen LogP) is 3.25. The fourth-order valence-corrected chi connectivity index (χ4v) is 3.82. The fraction of sp³-hybridized carbons (Fsp3) is 0.529. The molecule has 0 bridgehead atoms. The standard InChI is InChI=1S/C17H25N5OS.HI/c1-2-18-17(19-12-14-7-10-23-21-14)20-13-15(16-6-5-11-24-16)22-8-3-4-9-22;/h5-7,10-11,15H,2-4,8-9,12-13H2,1H3,(H2,18,19,20);1H. The molecule has 0 aliphatic carbocycles. The van der Waals surface area contributed by atoms with Gasteiger partial charge in [-0.05, 0) is 44.3 Å². The van der Waals surface area contributed by atoms with Gasteiger partial charge in [-0.1, -0.05) is 11.2 Å². The van der Waals surface area contributed by atoms with E-state index < -0.39 is 0 Å². The fourth-order valence-electron chi connectivity index (χ4n) is 2.96. The van der Waals surface area contributed by atoms with Gasteiger partial charge in [-0.25, -0.2) is 4.99 Å². The van der Waals surface area contributed by atoms with E-state index in [0.717, 1.165) is 24.7 Å². The first-order valence-electron chi connectivity index (χ1n) is 8.55. The summed E-state index contributed by atoms with van der Waals surface area (Å²) in [6.07, 6.45) is 4.16. The Bertz CT molecular complexity index is 611. The van der Waals surface area contributed by atoms with E-state index in [0.29, 0.717) is 12.6 Å². The molecule has 0 saturated carbocycles. The summed E-state index contributed by atoms with van der Waals surface area (Å²) in [5, 5.41) is 12.9. The van der Waals surface area contributed by atoms with Crippen molar-refractivity contribution in [3.05, 3.63) is 40.4 Å². The van der Waals surface area contributed by atoms with Crippen LogP contribution in [0.3, 0.4) is 0 Å². The Labute approximate surface area is 170 Å². The topological polar surface area (TPSA) is 65.7 Å². The molecule has 1 saturated heterocycles. The molecule has 1 unspecified atom stereocenters. The molecular formula is C17H26IN5OS. The van der Waals surface area contributed by atoms with Crippen molar-refractivity contribution >= 4 is 41.3 Å².